The molecule has 0 N–H and O–H groups in total. The normalized spacial score (nSPS) is 14.0. The Kier molecular flexibility index (Phi) is 5.94. The van der Waals surface area contributed by atoms with Gasteiger partial charge >= 0.3 is 0 Å². The largest absolute Gasteiger partial charge is 0.287 e. The van der Waals surface area contributed by atoms with Crippen LogP contribution in [0.1, 0.15) is 54.3 Å². The molecular weight excluding hydrogens is 462 g/mol. The molecule has 0 bridgehead atoms. The number of hydrogen-bond donors (Lipinski definition) is 0. The van der Waals surface area contributed by atoms with Crippen LogP contribution in [0.15, 0.2) is 20.8 Å². The van der Waals surface area contributed by atoms with Crippen molar-refractivity contribution in [2.45, 2.75) is 70.3 Å². The van der Waals surface area contributed by atoms with E-state index in [2.05, 4.69) is 23.9 Å². The fourth-order valence-corrected chi connectivity index (χ4v) is 7.07. The molecule has 0 radical (unpaired) electrons. The molecule has 0 aromatic carbocycles. The molecule has 4 aromatic rings. The monoisotopic (exact) mass is 487 g/mol. The standard InChI is InChI=1S/C22H25N5O2S3/c1-12(2)8-9-26-20(29)18-15-6-4-5-7-16(15)32-19(18)24-21(26)30-11-14-10-17(28)27-22(23-14)31-13(3)25-27/h10,12H,4-9,11H2,1-3H3. The van der Waals surface area contributed by atoms with Crippen molar-refractivity contribution in [1.29, 1.82) is 0 Å². The number of thioether (sulfide) groups is 1. The molecule has 10 heteroatoms. The molecular formula is C22H25N5O2S3. The zero-order valence-corrected chi connectivity index (χ0v) is 20.8. The average Bonchev–Trinajstić information content (AvgIpc) is 3.31. The van der Waals surface area contributed by atoms with E-state index >= 15 is 0 Å². The first-order valence-corrected chi connectivity index (χ1v) is 13.6. The highest BCUT2D eigenvalue weighted by atomic mass is 32.2. The lowest BCUT2D eigenvalue weighted by molar-refractivity contribution is 0.481. The van der Waals surface area contributed by atoms with E-state index in [0.29, 0.717) is 34.0 Å². The zero-order valence-electron chi connectivity index (χ0n) is 18.4. The second kappa shape index (κ2) is 8.72. The van der Waals surface area contributed by atoms with E-state index < -0.39 is 0 Å². The summed E-state index contributed by atoms with van der Waals surface area (Å²) >= 11 is 4.56. The fourth-order valence-electron chi connectivity index (χ4n) is 4.08. The number of fused-ring (bicyclic) bond motifs is 4. The minimum absolute atomic E-state index is 0.0825. The van der Waals surface area contributed by atoms with E-state index in [0.717, 1.165) is 40.9 Å². The van der Waals surface area contributed by atoms with Gasteiger partial charge in [-0.15, -0.1) is 11.3 Å². The lowest BCUT2D eigenvalue weighted by Crippen LogP contribution is -2.24. The molecule has 0 aliphatic heterocycles. The molecule has 5 rings (SSSR count). The van der Waals surface area contributed by atoms with E-state index in [4.69, 9.17) is 4.98 Å². The summed E-state index contributed by atoms with van der Waals surface area (Å²) in [6.07, 6.45) is 5.27. The number of aryl methyl sites for hydroxylation is 3. The van der Waals surface area contributed by atoms with Crippen LogP contribution in [0.2, 0.25) is 0 Å². The van der Waals surface area contributed by atoms with Crippen molar-refractivity contribution in [3.05, 3.63) is 47.9 Å². The van der Waals surface area contributed by atoms with Gasteiger partial charge in [-0.05, 0) is 50.5 Å². The summed E-state index contributed by atoms with van der Waals surface area (Å²) in [5, 5.41) is 6.54. The van der Waals surface area contributed by atoms with Gasteiger partial charge < -0.3 is 0 Å². The molecule has 0 atom stereocenters. The molecule has 1 aliphatic rings. The van der Waals surface area contributed by atoms with Crippen LogP contribution >= 0.6 is 34.4 Å². The maximum absolute atomic E-state index is 13.6. The molecule has 0 saturated heterocycles. The third-order valence-corrected chi connectivity index (χ3v) is 8.74. The predicted molar refractivity (Wildman–Crippen MR) is 131 cm³/mol. The van der Waals surface area contributed by atoms with Crippen molar-refractivity contribution in [2.75, 3.05) is 0 Å². The van der Waals surface area contributed by atoms with Crippen LogP contribution < -0.4 is 11.1 Å². The maximum atomic E-state index is 13.6. The summed E-state index contributed by atoms with van der Waals surface area (Å²) in [7, 11) is 0. The third kappa shape index (κ3) is 4.04. The van der Waals surface area contributed by atoms with Gasteiger partial charge in [0.25, 0.3) is 11.1 Å². The predicted octanol–water partition coefficient (Wildman–Crippen LogP) is 4.45. The third-order valence-electron chi connectivity index (χ3n) is 5.72. The van der Waals surface area contributed by atoms with Gasteiger partial charge in [0.1, 0.15) is 9.84 Å². The molecule has 0 spiro atoms. The smallest absolute Gasteiger partial charge is 0.275 e. The van der Waals surface area contributed by atoms with Gasteiger partial charge in [-0.25, -0.2) is 9.97 Å². The van der Waals surface area contributed by atoms with Gasteiger partial charge in [0.2, 0.25) is 4.96 Å². The Morgan fingerprint density at radius 3 is 2.78 bits per heavy atom. The van der Waals surface area contributed by atoms with Gasteiger partial charge in [0, 0.05) is 23.2 Å². The second-order valence-corrected chi connectivity index (χ2v) is 11.8. The lowest BCUT2D eigenvalue weighted by atomic mass is 9.97. The Morgan fingerprint density at radius 1 is 1.16 bits per heavy atom. The summed E-state index contributed by atoms with van der Waals surface area (Å²) in [6.45, 7) is 6.84. The van der Waals surface area contributed by atoms with E-state index in [-0.39, 0.29) is 11.1 Å². The number of thiophene rings is 1. The Morgan fingerprint density at radius 2 is 1.97 bits per heavy atom. The van der Waals surface area contributed by atoms with Crippen LogP contribution in [-0.4, -0.2) is 24.1 Å². The van der Waals surface area contributed by atoms with E-state index in [1.165, 1.54) is 50.5 Å². The van der Waals surface area contributed by atoms with E-state index in [1.54, 1.807) is 11.3 Å². The van der Waals surface area contributed by atoms with Gasteiger partial charge in [-0.1, -0.05) is 36.9 Å². The Balaban J connectivity index is 1.54. The van der Waals surface area contributed by atoms with Gasteiger partial charge in [-0.3, -0.25) is 14.2 Å². The highest BCUT2D eigenvalue weighted by Gasteiger charge is 2.22. The quantitative estimate of drug-likeness (QED) is 0.295. The number of rotatable bonds is 6. The van der Waals surface area contributed by atoms with Gasteiger partial charge in [0.15, 0.2) is 5.16 Å². The molecule has 168 valence electrons. The van der Waals surface area contributed by atoms with Crippen molar-refractivity contribution in [1.82, 2.24) is 24.1 Å². The summed E-state index contributed by atoms with van der Waals surface area (Å²) < 4.78 is 3.18. The first-order valence-electron chi connectivity index (χ1n) is 10.9. The van der Waals surface area contributed by atoms with Gasteiger partial charge in [-0.2, -0.15) is 9.61 Å². The average molecular weight is 488 g/mol. The van der Waals surface area contributed by atoms with Crippen LogP contribution in [0.5, 0.6) is 0 Å². The van der Waals surface area contributed by atoms with Crippen molar-refractivity contribution < 1.29 is 0 Å². The van der Waals surface area contributed by atoms with Gasteiger partial charge in [0.05, 0.1) is 11.1 Å². The number of hydrogen-bond acceptors (Lipinski definition) is 8. The molecule has 4 heterocycles. The zero-order chi connectivity index (χ0) is 22.4. The first-order chi connectivity index (χ1) is 15.4. The minimum Gasteiger partial charge on any atom is -0.287 e. The lowest BCUT2D eigenvalue weighted by Gasteiger charge is -2.14. The Labute approximate surface area is 197 Å². The summed E-state index contributed by atoms with van der Waals surface area (Å²) in [5.74, 6) is 0.971. The Bertz CT molecular complexity index is 1430. The van der Waals surface area contributed by atoms with Crippen LogP contribution in [0.3, 0.4) is 0 Å². The highest BCUT2D eigenvalue weighted by Crippen LogP contribution is 2.35. The topological polar surface area (TPSA) is 82.2 Å². The highest BCUT2D eigenvalue weighted by molar-refractivity contribution is 7.98. The van der Waals surface area contributed by atoms with Crippen LogP contribution in [0.25, 0.3) is 15.2 Å². The molecule has 32 heavy (non-hydrogen) atoms. The number of aromatic nitrogens is 5. The SMILES string of the molecule is Cc1nn2c(=O)cc(CSc3nc4sc5c(c4c(=O)n3CCC(C)C)CCCC5)nc2s1. The minimum atomic E-state index is -0.179. The Hall–Kier alpha value is -2.04. The van der Waals surface area contributed by atoms with E-state index in [9.17, 15) is 9.59 Å². The summed E-state index contributed by atoms with van der Waals surface area (Å²) in [4.78, 5) is 38.3. The van der Waals surface area contributed by atoms with Crippen LogP contribution in [-0.2, 0) is 25.1 Å². The molecule has 0 fully saturated rings. The van der Waals surface area contributed by atoms with Crippen LogP contribution in [0, 0.1) is 12.8 Å². The molecule has 0 unspecified atom stereocenters. The molecule has 0 saturated carbocycles. The fraction of sp³-hybridized carbons (Fsp3) is 0.500. The maximum Gasteiger partial charge on any atom is 0.275 e. The van der Waals surface area contributed by atoms with E-state index in [1.807, 2.05) is 11.5 Å². The summed E-state index contributed by atoms with van der Waals surface area (Å²) in [6, 6.07) is 1.53. The van der Waals surface area contributed by atoms with Crippen molar-refractivity contribution in [3.8, 4) is 0 Å². The molecule has 4 aromatic heterocycles. The molecule has 7 nitrogen and oxygen atoms in total. The molecule has 1 aliphatic carbocycles. The van der Waals surface area contributed by atoms with Crippen molar-refractivity contribution in [2.24, 2.45) is 5.92 Å². The van der Waals surface area contributed by atoms with Crippen LogP contribution in [0.4, 0.5) is 0 Å². The van der Waals surface area contributed by atoms with Crippen molar-refractivity contribution >= 4 is 49.6 Å². The molecule has 0 amide bonds. The second-order valence-electron chi connectivity index (χ2n) is 8.61. The van der Waals surface area contributed by atoms with Crippen molar-refractivity contribution in [3.63, 3.8) is 0 Å². The first kappa shape index (κ1) is 21.8. The summed E-state index contributed by atoms with van der Waals surface area (Å²) in [5.41, 5.74) is 1.81. The number of nitrogens with zero attached hydrogens (tertiary/aromatic N) is 5.